The Balaban J connectivity index is 0.00000370. The van der Waals surface area contributed by atoms with Crippen LogP contribution in [0, 0.1) is 20.2 Å². The molecule has 1 fully saturated rings. The van der Waals surface area contributed by atoms with Gasteiger partial charge in [0.15, 0.2) is 5.58 Å². The van der Waals surface area contributed by atoms with Crippen LogP contribution in [-0.4, -0.2) is 51.5 Å². The molecule has 0 bridgehead atoms. The number of hydrogen-bond acceptors (Lipinski definition) is 6. The van der Waals surface area contributed by atoms with Gasteiger partial charge in [0.1, 0.15) is 11.6 Å². The lowest BCUT2D eigenvalue weighted by atomic mass is 9.90. The average molecular weight is 555 g/mol. The monoisotopic (exact) mass is 554 g/mol. The van der Waals surface area contributed by atoms with Crippen molar-refractivity contribution in [1.29, 1.82) is 0 Å². The standard InChI is InChI=1S/C30H40FN4O4.CH3/c1-3-4-5-9-28(36)38-20-35(18-14-24-21(2)32-27-8-6-7-15-34(27)30(24)37)16-12-22(13-17-35)29-25-11-10-23(31)19-26(25)39-33-29;/h10-11,19,22H,3-9,12-18,20H2,1-2H3;1H3/q+1;-1. The lowest BCUT2D eigenvalue weighted by Gasteiger charge is -2.42. The minimum absolute atomic E-state index is 0. The van der Waals surface area contributed by atoms with Gasteiger partial charge in [0.05, 0.1) is 25.3 Å². The summed E-state index contributed by atoms with van der Waals surface area (Å²) < 4.78 is 27.4. The number of rotatable bonds is 10. The van der Waals surface area contributed by atoms with Crippen molar-refractivity contribution in [3.05, 3.63) is 64.6 Å². The number of unbranched alkanes of at least 4 members (excludes halogenated alkanes) is 2. The van der Waals surface area contributed by atoms with E-state index in [0.29, 0.717) is 36.2 Å². The van der Waals surface area contributed by atoms with Gasteiger partial charge in [-0.05, 0) is 38.3 Å². The zero-order valence-electron chi connectivity index (χ0n) is 24.2. The van der Waals surface area contributed by atoms with Crippen LogP contribution in [0.4, 0.5) is 4.39 Å². The normalized spacial score (nSPS) is 20.6. The van der Waals surface area contributed by atoms with Crippen molar-refractivity contribution in [2.75, 3.05) is 26.4 Å². The molecule has 0 saturated carbocycles. The molecular weight excluding hydrogens is 511 g/mol. The lowest BCUT2D eigenvalue weighted by Crippen LogP contribution is -2.55. The maximum absolute atomic E-state index is 13.7. The maximum atomic E-state index is 13.7. The number of ether oxygens (including phenoxy) is 1. The summed E-state index contributed by atoms with van der Waals surface area (Å²) >= 11 is 0. The molecule has 0 unspecified atom stereocenters. The second-order valence-corrected chi connectivity index (χ2v) is 11.4. The largest absolute Gasteiger partial charge is 0.415 e. The molecule has 2 aromatic heterocycles. The Morgan fingerprint density at radius 1 is 1.23 bits per heavy atom. The SMILES string of the molecule is CCCCCC(=O)OC[N+]1(CCc2c(C)nc3n(c2=O)CCCC3)CCC(c2noc3cc(F)ccc23)CC1.[CH3-]. The molecule has 3 aromatic rings. The topological polar surface area (TPSA) is 87.2 Å². The van der Waals surface area contributed by atoms with E-state index >= 15 is 0 Å². The van der Waals surface area contributed by atoms with Crippen LogP contribution in [0.3, 0.4) is 0 Å². The third kappa shape index (κ3) is 6.45. The predicted molar refractivity (Wildman–Crippen MR) is 152 cm³/mol. The van der Waals surface area contributed by atoms with Crippen LogP contribution in [0.15, 0.2) is 27.5 Å². The summed E-state index contributed by atoms with van der Waals surface area (Å²) in [5.41, 5.74) is 3.02. The van der Waals surface area contributed by atoms with E-state index in [1.54, 1.807) is 6.07 Å². The van der Waals surface area contributed by atoms with Crippen molar-refractivity contribution in [2.45, 2.75) is 90.5 Å². The minimum Gasteiger partial charge on any atom is -0.415 e. The van der Waals surface area contributed by atoms with Crippen LogP contribution in [-0.2, 0) is 28.9 Å². The third-order valence-electron chi connectivity index (χ3n) is 8.65. The molecule has 9 heteroatoms. The van der Waals surface area contributed by atoms with Crippen molar-refractivity contribution in [1.82, 2.24) is 14.7 Å². The number of likely N-dealkylation sites (tertiary alicyclic amines) is 1. The van der Waals surface area contributed by atoms with Crippen molar-refractivity contribution >= 4 is 16.9 Å². The molecule has 8 nitrogen and oxygen atoms in total. The van der Waals surface area contributed by atoms with Gasteiger partial charge in [-0.25, -0.2) is 9.37 Å². The number of aromatic nitrogens is 3. The first-order valence-electron chi connectivity index (χ1n) is 14.5. The van der Waals surface area contributed by atoms with Crippen LogP contribution in [0.25, 0.3) is 11.0 Å². The summed E-state index contributed by atoms with van der Waals surface area (Å²) in [5.74, 6) is 0.589. The number of esters is 1. The highest BCUT2D eigenvalue weighted by Crippen LogP contribution is 2.35. The van der Waals surface area contributed by atoms with Gasteiger partial charge < -0.3 is 16.7 Å². The maximum Gasteiger partial charge on any atom is 0.310 e. The van der Waals surface area contributed by atoms with Crippen LogP contribution in [0.5, 0.6) is 0 Å². The summed E-state index contributed by atoms with van der Waals surface area (Å²) in [6.07, 6.45) is 8.57. The minimum atomic E-state index is -0.340. The van der Waals surface area contributed by atoms with E-state index in [1.165, 1.54) is 12.1 Å². The molecule has 4 heterocycles. The summed E-state index contributed by atoms with van der Waals surface area (Å²) in [5, 5.41) is 5.15. The first-order chi connectivity index (χ1) is 18.9. The van der Waals surface area contributed by atoms with E-state index in [0.717, 1.165) is 99.2 Å². The molecule has 1 aromatic carbocycles. The molecule has 40 heavy (non-hydrogen) atoms. The zero-order chi connectivity index (χ0) is 27.4. The fourth-order valence-electron chi connectivity index (χ4n) is 6.20. The van der Waals surface area contributed by atoms with Crippen molar-refractivity contribution in [2.24, 2.45) is 0 Å². The van der Waals surface area contributed by atoms with Gasteiger partial charge in [-0.3, -0.25) is 18.6 Å². The fourth-order valence-corrected chi connectivity index (χ4v) is 6.20. The van der Waals surface area contributed by atoms with Gasteiger partial charge in [-0.15, -0.1) is 0 Å². The average Bonchev–Trinajstić information content (AvgIpc) is 3.35. The van der Waals surface area contributed by atoms with Gasteiger partial charge in [0, 0.05) is 67.3 Å². The van der Waals surface area contributed by atoms with E-state index in [-0.39, 0.29) is 30.7 Å². The predicted octanol–water partition coefficient (Wildman–Crippen LogP) is 5.64. The zero-order valence-corrected chi connectivity index (χ0v) is 24.2. The molecular formula is C31H43FN4O4. The van der Waals surface area contributed by atoms with E-state index in [1.807, 2.05) is 11.5 Å². The lowest BCUT2D eigenvalue weighted by molar-refractivity contribution is -0.948. The Morgan fingerprint density at radius 2 is 2.02 bits per heavy atom. The Bertz CT molecular complexity index is 1370. The summed E-state index contributed by atoms with van der Waals surface area (Å²) in [4.78, 5) is 30.7. The Kier molecular flexibility index (Phi) is 9.77. The van der Waals surface area contributed by atoms with Crippen molar-refractivity contribution in [3.8, 4) is 0 Å². The van der Waals surface area contributed by atoms with Crippen LogP contribution in [0.2, 0.25) is 0 Å². The van der Waals surface area contributed by atoms with Crippen molar-refractivity contribution < 1.29 is 22.9 Å². The van der Waals surface area contributed by atoms with Gasteiger partial charge in [-0.2, -0.15) is 0 Å². The molecule has 0 atom stereocenters. The number of piperidine rings is 1. The van der Waals surface area contributed by atoms with Crippen LogP contribution >= 0.6 is 0 Å². The Labute approximate surface area is 236 Å². The van der Waals surface area contributed by atoms with Gasteiger partial charge in [0.25, 0.3) is 5.56 Å². The molecule has 0 radical (unpaired) electrons. The number of quaternary nitrogens is 1. The number of benzene rings is 1. The number of carbonyl (C=O) groups excluding carboxylic acids is 1. The molecule has 0 amide bonds. The van der Waals surface area contributed by atoms with Crippen molar-refractivity contribution in [3.63, 3.8) is 0 Å². The first-order valence-corrected chi connectivity index (χ1v) is 14.5. The second kappa shape index (κ2) is 13.1. The summed E-state index contributed by atoms with van der Waals surface area (Å²) in [6, 6.07) is 4.56. The molecule has 1 saturated heterocycles. The number of hydrogen-bond donors (Lipinski definition) is 0. The second-order valence-electron chi connectivity index (χ2n) is 11.4. The molecule has 218 valence electrons. The molecule has 0 N–H and O–H groups in total. The smallest absolute Gasteiger partial charge is 0.310 e. The highest BCUT2D eigenvalue weighted by Gasteiger charge is 2.37. The van der Waals surface area contributed by atoms with Crippen LogP contribution < -0.4 is 5.56 Å². The molecule has 5 rings (SSSR count). The number of carbonyl (C=O) groups is 1. The number of halogens is 1. The van der Waals surface area contributed by atoms with Gasteiger partial charge >= 0.3 is 5.97 Å². The van der Waals surface area contributed by atoms with E-state index in [2.05, 4.69) is 12.1 Å². The fraction of sp³-hybridized carbons (Fsp3) is 0.581. The number of aryl methyl sites for hydroxylation is 2. The van der Waals surface area contributed by atoms with E-state index in [9.17, 15) is 14.0 Å². The quantitative estimate of drug-likeness (QED) is 0.140. The van der Waals surface area contributed by atoms with Gasteiger partial charge in [-0.1, -0.05) is 24.9 Å². The number of fused-ring (bicyclic) bond motifs is 2. The highest BCUT2D eigenvalue weighted by atomic mass is 19.1. The van der Waals surface area contributed by atoms with Gasteiger partial charge in [0.2, 0.25) is 6.73 Å². The molecule has 0 aliphatic carbocycles. The number of nitrogens with zero attached hydrogens (tertiary/aromatic N) is 4. The summed E-state index contributed by atoms with van der Waals surface area (Å²) in [7, 11) is 0. The first kappa shape index (κ1) is 29.9. The highest BCUT2D eigenvalue weighted by molar-refractivity contribution is 5.79. The van der Waals surface area contributed by atoms with E-state index < -0.39 is 0 Å². The van der Waals surface area contributed by atoms with E-state index in [4.69, 9.17) is 14.2 Å². The molecule has 2 aliphatic rings. The Hall–Kier alpha value is -3.07. The van der Waals surface area contributed by atoms with Crippen LogP contribution in [0.1, 0.15) is 87.0 Å². The molecule has 0 spiro atoms. The molecule has 2 aliphatic heterocycles. The summed E-state index contributed by atoms with van der Waals surface area (Å²) in [6.45, 7) is 7.39. The Morgan fingerprint density at radius 3 is 2.80 bits per heavy atom. The third-order valence-corrected chi connectivity index (χ3v) is 8.65.